The lowest BCUT2D eigenvalue weighted by atomic mass is 9.89. The van der Waals surface area contributed by atoms with Crippen molar-refractivity contribution in [3.8, 4) is 0 Å². The summed E-state index contributed by atoms with van der Waals surface area (Å²) in [6.45, 7) is 5.03. The third kappa shape index (κ3) is 1.82. The average molecular weight is 170 g/mol. The Morgan fingerprint density at radius 2 is 2.08 bits per heavy atom. The molecule has 2 aliphatic carbocycles. The van der Waals surface area contributed by atoms with Crippen molar-refractivity contribution in [2.45, 2.75) is 46.0 Å². The van der Waals surface area contributed by atoms with Crippen LogP contribution in [0.2, 0.25) is 0 Å². The Kier molecular flexibility index (Phi) is 3.57. The van der Waals surface area contributed by atoms with Crippen LogP contribution in [-0.4, -0.2) is 13.7 Å². The van der Waals surface area contributed by atoms with E-state index >= 15 is 0 Å². The van der Waals surface area contributed by atoms with Crippen LogP contribution in [0.1, 0.15) is 46.0 Å². The summed E-state index contributed by atoms with van der Waals surface area (Å²) in [5.74, 6) is 1.04. The average Bonchev–Trinajstić information content (AvgIpc) is 2.83. The molecule has 2 saturated carbocycles. The molecule has 2 fully saturated rings. The maximum atomic E-state index is 5.23. The highest BCUT2D eigenvalue weighted by atomic mass is 16.5. The van der Waals surface area contributed by atoms with Crippen LogP contribution in [0.3, 0.4) is 0 Å². The molecule has 2 unspecified atom stereocenters. The summed E-state index contributed by atoms with van der Waals surface area (Å²) >= 11 is 0. The highest BCUT2D eigenvalue weighted by Gasteiger charge is 2.54. The first-order chi connectivity index (χ1) is 5.87. The van der Waals surface area contributed by atoms with Gasteiger partial charge in [-0.15, -0.1) is 0 Å². The van der Waals surface area contributed by atoms with Gasteiger partial charge in [0.05, 0.1) is 6.61 Å². The van der Waals surface area contributed by atoms with E-state index in [1.165, 1.54) is 32.1 Å². The zero-order chi connectivity index (χ0) is 9.03. The van der Waals surface area contributed by atoms with E-state index in [0.717, 1.165) is 12.5 Å². The quantitative estimate of drug-likeness (QED) is 0.618. The molecule has 12 heavy (non-hydrogen) atoms. The van der Waals surface area contributed by atoms with Gasteiger partial charge in [0.2, 0.25) is 0 Å². The zero-order valence-electron chi connectivity index (χ0n) is 8.73. The van der Waals surface area contributed by atoms with E-state index in [0.29, 0.717) is 5.41 Å². The van der Waals surface area contributed by atoms with Crippen LogP contribution in [0, 0.1) is 11.3 Å². The van der Waals surface area contributed by atoms with Crippen molar-refractivity contribution in [2.75, 3.05) is 13.7 Å². The molecule has 0 radical (unpaired) electrons. The first-order valence-corrected chi connectivity index (χ1v) is 5.36. The lowest BCUT2D eigenvalue weighted by Crippen LogP contribution is -2.15. The summed E-state index contributed by atoms with van der Waals surface area (Å²) in [5.41, 5.74) is 0.674. The minimum atomic E-state index is 0.674. The smallest absolute Gasteiger partial charge is 0.0521 e. The van der Waals surface area contributed by atoms with Gasteiger partial charge >= 0.3 is 0 Å². The van der Waals surface area contributed by atoms with E-state index in [-0.39, 0.29) is 0 Å². The van der Waals surface area contributed by atoms with Crippen molar-refractivity contribution in [3.63, 3.8) is 0 Å². The van der Waals surface area contributed by atoms with Gasteiger partial charge in [0.25, 0.3) is 0 Å². The van der Waals surface area contributed by atoms with Gasteiger partial charge < -0.3 is 4.74 Å². The molecule has 0 spiro atoms. The molecule has 0 amide bonds. The van der Waals surface area contributed by atoms with Crippen LogP contribution in [0.15, 0.2) is 0 Å². The molecule has 2 atom stereocenters. The fourth-order valence-electron chi connectivity index (χ4n) is 2.55. The molecule has 0 aromatic carbocycles. The Balaban J connectivity index is 0.000000336. The number of hydrogen-bond acceptors (Lipinski definition) is 1. The van der Waals surface area contributed by atoms with Crippen LogP contribution >= 0.6 is 0 Å². The third-order valence-electron chi connectivity index (χ3n) is 3.27. The molecule has 0 bridgehead atoms. The van der Waals surface area contributed by atoms with Gasteiger partial charge in [0.15, 0.2) is 0 Å². The Hall–Kier alpha value is -0.0400. The fraction of sp³-hybridized carbons (Fsp3) is 1.00. The zero-order valence-corrected chi connectivity index (χ0v) is 8.73. The molecule has 0 aromatic heterocycles. The SMILES string of the molecule is CC.COCC12CCCCC1C2. The minimum Gasteiger partial charge on any atom is -0.384 e. The highest BCUT2D eigenvalue weighted by Crippen LogP contribution is 2.61. The topological polar surface area (TPSA) is 9.23 Å². The first-order valence-electron chi connectivity index (χ1n) is 5.36. The van der Waals surface area contributed by atoms with Crippen molar-refractivity contribution in [2.24, 2.45) is 11.3 Å². The number of ether oxygens (including phenoxy) is 1. The summed E-state index contributed by atoms with van der Waals surface area (Å²) in [6.07, 6.45) is 7.28. The van der Waals surface area contributed by atoms with E-state index in [9.17, 15) is 0 Å². The van der Waals surface area contributed by atoms with Crippen molar-refractivity contribution in [1.29, 1.82) is 0 Å². The van der Waals surface area contributed by atoms with Crippen LogP contribution in [0.4, 0.5) is 0 Å². The molecule has 1 nitrogen and oxygen atoms in total. The normalized spacial score (nSPS) is 37.8. The van der Waals surface area contributed by atoms with Gasteiger partial charge in [-0.05, 0) is 30.6 Å². The van der Waals surface area contributed by atoms with Gasteiger partial charge in [-0.3, -0.25) is 0 Å². The van der Waals surface area contributed by atoms with Crippen LogP contribution in [-0.2, 0) is 4.74 Å². The van der Waals surface area contributed by atoms with E-state index < -0.39 is 0 Å². The monoisotopic (exact) mass is 170 g/mol. The van der Waals surface area contributed by atoms with Gasteiger partial charge in [-0.25, -0.2) is 0 Å². The summed E-state index contributed by atoms with van der Waals surface area (Å²) in [6, 6.07) is 0. The second-order valence-electron chi connectivity index (χ2n) is 3.94. The van der Waals surface area contributed by atoms with Gasteiger partial charge in [0.1, 0.15) is 0 Å². The Morgan fingerprint density at radius 3 is 2.67 bits per heavy atom. The molecule has 0 aromatic rings. The number of rotatable bonds is 2. The Morgan fingerprint density at radius 1 is 1.33 bits per heavy atom. The molecule has 1 heteroatoms. The number of fused-ring (bicyclic) bond motifs is 1. The molecule has 2 aliphatic rings. The summed E-state index contributed by atoms with van der Waals surface area (Å²) in [5, 5.41) is 0. The van der Waals surface area contributed by atoms with Crippen molar-refractivity contribution >= 4 is 0 Å². The first kappa shape index (κ1) is 10.0. The Bertz CT molecular complexity index is 129. The molecule has 0 aliphatic heterocycles. The van der Waals surface area contributed by atoms with E-state index in [1.807, 2.05) is 21.0 Å². The molecular weight excluding hydrogens is 148 g/mol. The van der Waals surface area contributed by atoms with Crippen LogP contribution < -0.4 is 0 Å². The standard InChI is InChI=1S/C9H16O.C2H6/c1-10-7-9-5-3-2-4-8(9)6-9;1-2/h8H,2-7H2,1H3;1-2H3. The largest absolute Gasteiger partial charge is 0.384 e. The predicted molar refractivity (Wildman–Crippen MR) is 52.2 cm³/mol. The van der Waals surface area contributed by atoms with E-state index in [4.69, 9.17) is 4.74 Å². The highest BCUT2D eigenvalue weighted by molar-refractivity contribution is 5.03. The molecule has 0 heterocycles. The van der Waals surface area contributed by atoms with Crippen LogP contribution in [0.25, 0.3) is 0 Å². The number of hydrogen-bond donors (Lipinski definition) is 0. The Labute approximate surface area is 76.5 Å². The lowest BCUT2D eigenvalue weighted by Gasteiger charge is -2.20. The molecule has 2 rings (SSSR count). The molecule has 0 saturated heterocycles. The van der Waals surface area contributed by atoms with E-state index in [1.54, 1.807) is 0 Å². The molecular formula is C11H22O. The summed E-state index contributed by atoms with van der Waals surface area (Å²) in [4.78, 5) is 0. The van der Waals surface area contributed by atoms with Crippen molar-refractivity contribution < 1.29 is 4.74 Å². The third-order valence-corrected chi connectivity index (χ3v) is 3.27. The lowest BCUT2D eigenvalue weighted by molar-refractivity contribution is 0.116. The maximum Gasteiger partial charge on any atom is 0.0521 e. The number of methoxy groups -OCH3 is 1. The van der Waals surface area contributed by atoms with Gasteiger partial charge in [-0.1, -0.05) is 26.7 Å². The second kappa shape index (κ2) is 4.27. The predicted octanol–water partition coefficient (Wildman–Crippen LogP) is 3.24. The van der Waals surface area contributed by atoms with Gasteiger partial charge in [-0.2, -0.15) is 0 Å². The van der Waals surface area contributed by atoms with Gasteiger partial charge in [0, 0.05) is 7.11 Å². The minimum absolute atomic E-state index is 0.674. The summed E-state index contributed by atoms with van der Waals surface area (Å²) < 4.78 is 5.23. The van der Waals surface area contributed by atoms with Crippen molar-refractivity contribution in [3.05, 3.63) is 0 Å². The summed E-state index contributed by atoms with van der Waals surface area (Å²) in [7, 11) is 1.83. The molecule has 0 N–H and O–H groups in total. The van der Waals surface area contributed by atoms with Crippen LogP contribution in [0.5, 0.6) is 0 Å². The fourth-order valence-corrected chi connectivity index (χ4v) is 2.55. The van der Waals surface area contributed by atoms with E-state index in [2.05, 4.69) is 0 Å². The molecule has 72 valence electrons. The van der Waals surface area contributed by atoms with Crippen molar-refractivity contribution in [1.82, 2.24) is 0 Å². The second-order valence-corrected chi connectivity index (χ2v) is 3.94. The maximum absolute atomic E-state index is 5.23.